The molecule has 1 aliphatic heterocycles. The normalized spacial score (nSPS) is 28.0. The highest BCUT2D eigenvalue weighted by atomic mass is 32.1. The van der Waals surface area contributed by atoms with Gasteiger partial charge in [-0.2, -0.15) is 0 Å². The van der Waals surface area contributed by atoms with Gasteiger partial charge in [-0.05, 0) is 35.7 Å². The van der Waals surface area contributed by atoms with E-state index in [9.17, 15) is 25.2 Å². The molecule has 1 saturated heterocycles. The zero-order valence-corrected chi connectivity index (χ0v) is 15.2. The van der Waals surface area contributed by atoms with Crippen LogP contribution in [0.4, 0.5) is 0 Å². The standard InChI is InChI=1S/C18H20O8S/c1-24-10-4-2-9(3-5-10)13(20)17-11(6-7-27-17)25-18-16(23)15(22)14(21)12(8-19)26-18/h2-7,12,14-16,18-19,21-23H,8H2,1H3. The van der Waals surface area contributed by atoms with Gasteiger partial charge in [0.1, 0.15) is 40.8 Å². The first-order valence-electron chi connectivity index (χ1n) is 8.19. The number of aliphatic hydroxyl groups excluding tert-OH is 4. The van der Waals surface area contributed by atoms with Crippen molar-refractivity contribution in [2.75, 3.05) is 13.7 Å². The first-order valence-corrected chi connectivity index (χ1v) is 9.07. The monoisotopic (exact) mass is 396 g/mol. The molecule has 9 heteroatoms. The number of thiophene rings is 1. The quantitative estimate of drug-likeness (QED) is 0.509. The summed E-state index contributed by atoms with van der Waals surface area (Å²) in [6, 6.07) is 8.12. The Morgan fingerprint density at radius 3 is 2.44 bits per heavy atom. The van der Waals surface area contributed by atoms with Crippen LogP contribution in [0.1, 0.15) is 15.2 Å². The molecule has 0 spiro atoms. The van der Waals surface area contributed by atoms with Crippen LogP contribution in [0.15, 0.2) is 35.7 Å². The highest BCUT2D eigenvalue weighted by Gasteiger charge is 2.45. The van der Waals surface area contributed by atoms with Crippen LogP contribution in [0.5, 0.6) is 11.5 Å². The van der Waals surface area contributed by atoms with Gasteiger partial charge in [0.15, 0.2) is 0 Å². The van der Waals surface area contributed by atoms with E-state index >= 15 is 0 Å². The molecule has 8 nitrogen and oxygen atoms in total. The summed E-state index contributed by atoms with van der Waals surface area (Å²) in [6.07, 6.45) is -7.02. The second kappa shape index (κ2) is 8.34. The number of benzene rings is 1. The molecule has 0 radical (unpaired) electrons. The fourth-order valence-electron chi connectivity index (χ4n) is 2.72. The molecule has 0 amide bonds. The Bertz CT molecular complexity index is 772. The fraction of sp³-hybridized carbons (Fsp3) is 0.389. The number of methoxy groups -OCH3 is 1. The van der Waals surface area contributed by atoms with Gasteiger partial charge in [0.05, 0.1) is 13.7 Å². The number of carbonyl (C=O) groups excluding carboxylic acids is 1. The number of ketones is 1. The van der Waals surface area contributed by atoms with Gasteiger partial charge in [0, 0.05) is 5.56 Å². The summed E-state index contributed by atoms with van der Waals surface area (Å²) in [5, 5.41) is 40.7. The van der Waals surface area contributed by atoms with Crippen molar-refractivity contribution in [3.63, 3.8) is 0 Å². The van der Waals surface area contributed by atoms with E-state index in [0.717, 1.165) is 11.3 Å². The maximum atomic E-state index is 12.7. The molecule has 0 aliphatic carbocycles. The van der Waals surface area contributed by atoms with E-state index in [2.05, 4.69) is 0 Å². The third-order valence-electron chi connectivity index (χ3n) is 4.28. The van der Waals surface area contributed by atoms with Crippen molar-refractivity contribution in [2.45, 2.75) is 30.7 Å². The van der Waals surface area contributed by atoms with Crippen molar-refractivity contribution < 1.29 is 39.4 Å². The number of carbonyl (C=O) groups is 1. The summed E-state index contributed by atoms with van der Waals surface area (Å²) in [6.45, 7) is -0.563. The minimum Gasteiger partial charge on any atom is -0.497 e. The maximum Gasteiger partial charge on any atom is 0.229 e. The van der Waals surface area contributed by atoms with Crippen molar-refractivity contribution in [3.8, 4) is 11.5 Å². The fourth-order valence-corrected chi connectivity index (χ4v) is 3.50. The van der Waals surface area contributed by atoms with Gasteiger partial charge in [-0.15, -0.1) is 11.3 Å². The number of hydrogen-bond donors (Lipinski definition) is 4. The smallest absolute Gasteiger partial charge is 0.229 e. The predicted octanol–water partition coefficient (Wildman–Crippen LogP) is 0.166. The van der Waals surface area contributed by atoms with Crippen LogP contribution in [0.3, 0.4) is 0 Å². The molecular weight excluding hydrogens is 376 g/mol. The van der Waals surface area contributed by atoms with Crippen LogP contribution in [0, 0.1) is 0 Å². The summed E-state index contributed by atoms with van der Waals surface area (Å²) in [7, 11) is 1.53. The summed E-state index contributed by atoms with van der Waals surface area (Å²) >= 11 is 1.16. The van der Waals surface area contributed by atoms with Gasteiger partial charge < -0.3 is 34.6 Å². The van der Waals surface area contributed by atoms with E-state index < -0.39 is 37.3 Å². The van der Waals surface area contributed by atoms with E-state index in [1.165, 1.54) is 7.11 Å². The summed E-state index contributed by atoms with van der Waals surface area (Å²) in [5.41, 5.74) is 0.428. The van der Waals surface area contributed by atoms with Gasteiger partial charge >= 0.3 is 0 Å². The van der Waals surface area contributed by atoms with Crippen LogP contribution in [0.25, 0.3) is 0 Å². The molecule has 0 saturated carbocycles. The Kier molecular flexibility index (Phi) is 6.10. The van der Waals surface area contributed by atoms with E-state index in [1.54, 1.807) is 35.7 Å². The van der Waals surface area contributed by atoms with Gasteiger partial charge in [-0.1, -0.05) is 0 Å². The topological polar surface area (TPSA) is 126 Å². The highest BCUT2D eigenvalue weighted by Crippen LogP contribution is 2.31. The lowest BCUT2D eigenvalue weighted by atomic mass is 9.99. The Morgan fingerprint density at radius 2 is 1.81 bits per heavy atom. The number of rotatable bonds is 6. The molecule has 0 bridgehead atoms. The molecule has 5 atom stereocenters. The van der Waals surface area contributed by atoms with Crippen molar-refractivity contribution in [1.82, 2.24) is 0 Å². The average molecular weight is 396 g/mol. The van der Waals surface area contributed by atoms with Gasteiger partial charge in [-0.3, -0.25) is 4.79 Å². The van der Waals surface area contributed by atoms with E-state index in [1.807, 2.05) is 0 Å². The van der Waals surface area contributed by atoms with Crippen LogP contribution in [-0.2, 0) is 4.74 Å². The lowest BCUT2D eigenvalue weighted by Gasteiger charge is -2.39. The van der Waals surface area contributed by atoms with Crippen LogP contribution in [0.2, 0.25) is 0 Å². The summed E-state index contributed by atoms with van der Waals surface area (Å²) < 4.78 is 16.0. The zero-order chi connectivity index (χ0) is 19.6. The number of aliphatic hydroxyl groups is 4. The first-order chi connectivity index (χ1) is 13.0. The summed E-state index contributed by atoms with van der Waals surface area (Å²) in [4.78, 5) is 13.0. The maximum absolute atomic E-state index is 12.7. The highest BCUT2D eigenvalue weighted by molar-refractivity contribution is 7.12. The molecule has 1 aromatic heterocycles. The van der Waals surface area contributed by atoms with Crippen LogP contribution in [-0.4, -0.2) is 70.6 Å². The molecule has 4 N–H and O–H groups in total. The third-order valence-corrected chi connectivity index (χ3v) is 5.17. The predicted molar refractivity (Wildman–Crippen MR) is 95.1 cm³/mol. The molecule has 1 fully saturated rings. The Hall–Kier alpha value is -2.01. The van der Waals surface area contributed by atoms with Gasteiger partial charge in [0.2, 0.25) is 12.1 Å². The first kappa shape index (κ1) is 19.7. The molecular formula is C18H20O8S. The molecule has 1 aliphatic rings. The van der Waals surface area contributed by atoms with Crippen molar-refractivity contribution in [3.05, 3.63) is 46.2 Å². The lowest BCUT2D eigenvalue weighted by Crippen LogP contribution is -2.60. The number of ether oxygens (including phenoxy) is 3. The van der Waals surface area contributed by atoms with Gasteiger partial charge in [0.25, 0.3) is 0 Å². The summed E-state index contributed by atoms with van der Waals surface area (Å²) in [5.74, 6) is 0.507. The minimum atomic E-state index is -1.56. The van der Waals surface area contributed by atoms with E-state index in [0.29, 0.717) is 11.3 Å². The molecule has 3 rings (SSSR count). The van der Waals surface area contributed by atoms with Crippen LogP contribution >= 0.6 is 11.3 Å². The molecule has 1 aromatic carbocycles. The van der Waals surface area contributed by atoms with Crippen molar-refractivity contribution >= 4 is 17.1 Å². The minimum absolute atomic E-state index is 0.171. The molecule has 146 valence electrons. The van der Waals surface area contributed by atoms with Gasteiger partial charge in [-0.25, -0.2) is 0 Å². The largest absolute Gasteiger partial charge is 0.497 e. The Morgan fingerprint density at radius 1 is 1.11 bits per heavy atom. The zero-order valence-electron chi connectivity index (χ0n) is 14.4. The second-order valence-electron chi connectivity index (χ2n) is 5.99. The molecule has 5 unspecified atom stereocenters. The Labute approximate surface area is 159 Å². The number of hydrogen-bond acceptors (Lipinski definition) is 9. The van der Waals surface area contributed by atoms with Crippen molar-refractivity contribution in [1.29, 1.82) is 0 Å². The van der Waals surface area contributed by atoms with Crippen LogP contribution < -0.4 is 9.47 Å². The molecule has 2 aromatic rings. The SMILES string of the molecule is COc1ccc(C(=O)c2sccc2OC2OC(CO)C(O)C(O)C2O)cc1. The lowest BCUT2D eigenvalue weighted by molar-refractivity contribution is -0.277. The third kappa shape index (κ3) is 3.98. The Balaban J connectivity index is 1.79. The molecule has 27 heavy (non-hydrogen) atoms. The second-order valence-corrected chi connectivity index (χ2v) is 6.90. The average Bonchev–Trinajstić information content (AvgIpc) is 3.16. The van der Waals surface area contributed by atoms with Crippen molar-refractivity contribution in [2.24, 2.45) is 0 Å². The van der Waals surface area contributed by atoms with E-state index in [-0.39, 0.29) is 16.4 Å². The van der Waals surface area contributed by atoms with E-state index in [4.69, 9.17) is 14.2 Å². The molecule has 2 heterocycles.